The molecule has 0 aromatic heterocycles. The largest absolute Gasteiger partial charge is 0.490 e. The van der Waals surface area contributed by atoms with Gasteiger partial charge in [-0.25, -0.2) is 0 Å². The average Bonchev–Trinajstić information content (AvgIpc) is 2.78. The molecule has 6 nitrogen and oxygen atoms in total. The van der Waals surface area contributed by atoms with Gasteiger partial charge >= 0.3 is 0 Å². The van der Waals surface area contributed by atoms with Gasteiger partial charge in [-0.05, 0) is 48.9 Å². The van der Waals surface area contributed by atoms with Crippen molar-refractivity contribution in [2.75, 3.05) is 18.5 Å². The Bertz CT molecular complexity index is 1010. The summed E-state index contributed by atoms with van der Waals surface area (Å²) in [7, 11) is 0. The Labute approximate surface area is 175 Å². The highest BCUT2D eigenvalue weighted by molar-refractivity contribution is 5.91. The van der Waals surface area contributed by atoms with E-state index in [1.54, 1.807) is 42.5 Å². The number of ether oxygens (including phenoxy) is 3. The molecule has 0 saturated heterocycles. The number of rotatable bonds is 9. The minimum Gasteiger partial charge on any atom is -0.490 e. The highest BCUT2D eigenvalue weighted by Gasteiger charge is 2.10. The van der Waals surface area contributed by atoms with Crippen LogP contribution in [0.15, 0.2) is 72.8 Å². The summed E-state index contributed by atoms with van der Waals surface area (Å²) in [5.41, 5.74) is 2.19. The van der Waals surface area contributed by atoms with E-state index in [9.17, 15) is 4.79 Å². The van der Waals surface area contributed by atoms with Crippen LogP contribution in [0.3, 0.4) is 0 Å². The topological polar surface area (TPSA) is 80.6 Å². The van der Waals surface area contributed by atoms with Crippen LogP contribution in [0.4, 0.5) is 5.69 Å². The third-order valence-electron chi connectivity index (χ3n) is 4.12. The van der Waals surface area contributed by atoms with Crippen LogP contribution in [0.2, 0.25) is 0 Å². The summed E-state index contributed by atoms with van der Waals surface area (Å²) in [6.45, 7) is 2.56. The second-order valence-corrected chi connectivity index (χ2v) is 6.34. The van der Waals surface area contributed by atoms with E-state index >= 15 is 0 Å². The highest BCUT2D eigenvalue weighted by Crippen LogP contribution is 2.28. The highest BCUT2D eigenvalue weighted by atomic mass is 16.5. The Morgan fingerprint density at radius 3 is 2.40 bits per heavy atom. The number of nitrogens with zero attached hydrogens (tertiary/aromatic N) is 1. The van der Waals surface area contributed by atoms with Crippen molar-refractivity contribution < 1.29 is 19.0 Å². The number of benzene rings is 3. The molecule has 0 unspecified atom stereocenters. The lowest BCUT2D eigenvalue weighted by molar-refractivity contribution is -0.118. The second-order valence-electron chi connectivity index (χ2n) is 6.34. The van der Waals surface area contributed by atoms with Crippen molar-refractivity contribution in [1.29, 1.82) is 5.26 Å². The lowest BCUT2D eigenvalue weighted by Gasteiger charge is -2.12. The molecule has 0 saturated carbocycles. The van der Waals surface area contributed by atoms with Crippen LogP contribution in [0.5, 0.6) is 17.2 Å². The fourth-order valence-electron chi connectivity index (χ4n) is 2.68. The number of nitrogens with one attached hydrogen (secondary N) is 1. The third-order valence-corrected chi connectivity index (χ3v) is 4.12. The van der Waals surface area contributed by atoms with Crippen LogP contribution in [-0.2, 0) is 11.4 Å². The van der Waals surface area contributed by atoms with Gasteiger partial charge in [0.15, 0.2) is 18.1 Å². The molecule has 0 atom stereocenters. The predicted octanol–water partition coefficient (Wildman–Crippen LogP) is 4.55. The van der Waals surface area contributed by atoms with E-state index in [0.717, 1.165) is 5.56 Å². The number of hydrogen-bond donors (Lipinski definition) is 1. The van der Waals surface area contributed by atoms with Crippen LogP contribution < -0.4 is 19.5 Å². The molecule has 3 aromatic rings. The van der Waals surface area contributed by atoms with Crippen LogP contribution in [0.25, 0.3) is 0 Å². The first-order chi connectivity index (χ1) is 14.7. The van der Waals surface area contributed by atoms with Gasteiger partial charge in [0.05, 0.1) is 18.2 Å². The van der Waals surface area contributed by atoms with E-state index in [4.69, 9.17) is 19.5 Å². The van der Waals surface area contributed by atoms with E-state index in [-0.39, 0.29) is 12.5 Å². The molecule has 3 aromatic carbocycles. The van der Waals surface area contributed by atoms with E-state index in [1.165, 1.54) is 0 Å². The first-order valence-corrected chi connectivity index (χ1v) is 9.54. The summed E-state index contributed by atoms with van der Waals surface area (Å²) in [5.74, 6) is 1.26. The maximum absolute atomic E-state index is 12.2. The molecule has 0 aliphatic carbocycles. The van der Waals surface area contributed by atoms with Gasteiger partial charge in [-0.3, -0.25) is 4.79 Å². The number of amides is 1. The maximum Gasteiger partial charge on any atom is 0.262 e. The second kappa shape index (κ2) is 10.5. The lowest BCUT2D eigenvalue weighted by Crippen LogP contribution is -2.20. The standard InChI is InChI=1S/C24H22N2O4/c1-2-28-23-14-19(15-25)8-13-22(23)30-17-24(27)26-20-9-11-21(12-10-20)29-16-18-6-4-3-5-7-18/h3-14H,2,16-17H2,1H3,(H,26,27). The van der Waals surface area contributed by atoms with E-state index in [2.05, 4.69) is 5.32 Å². The summed E-state index contributed by atoms with van der Waals surface area (Å²) in [4.78, 5) is 12.2. The lowest BCUT2D eigenvalue weighted by atomic mass is 10.2. The van der Waals surface area contributed by atoms with E-state index < -0.39 is 0 Å². The van der Waals surface area contributed by atoms with E-state index in [0.29, 0.717) is 41.7 Å². The molecule has 0 heterocycles. The van der Waals surface area contributed by atoms with Gasteiger partial charge in [-0.2, -0.15) is 5.26 Å². The zero-order chi connectivity index (χ0) is 21.2. The SMILES string of the molecule is CCOc1cc(C#N)ccc1OCC(=O)Nc1ccc(OCc2ccccc2)cc1. The van der Waals surface area contributed by atoms with Gasteiger partial charge in [0.1, 0.15) is 12.4 Å². The molecule has 1 N–H and O–H groups in total. The molecular formula is C24H22N2O4. The Kier molecular flexibility index (Phi) is 7.28. The molecule has 0 aliphatic rings. The quantitative estimate of drug-likeness (QED) is 0.568. The average molecular weight is 402 g/mol. The van der Waals surface area contributed by atoms with Crippen molar-refractivity contribution in [2.24, 2.45) is 0 Å². The fourth-order valence-corrected chi connectivity index (χ4v) is 2.68. The number of nitriles is 1. The maximum atomic E-state index is 12.2. The predicted molar refractivity (Wildman–Crippen MR) is 114 cm³/mol. The molecule has 3 rings (SSSR count). The molecule has 0 spiro atoms. The Morgan fingerprint density at radius 1 is 0.933 bits per heavy atom. The van der Waals surface area contributed by atoms with E-state index in [1.807, 2.05) is 43.3 Å². The van der Waals surface area contributed by atoms with Crippen molar-refractivity contribution in [3.05, 3.63) is 83.9 Å². The zero-order valence-corrected chi connectivity index (χ0v) is 16.6. The van der Waals surface area contributed by atoms with Crippen LogP contribution in [-0.4, -0.2) is 19.1 Å². The normalized spacial score (nSPS) is 10.0. The molecule has 0 aliphatic heterocycles. The smallest absolute Gasteiger partial charge is 0.262 e. The zero-order valence-electron chi connectivity index (χ0n) is 16.6. The van der Waals surface area contributed by atoms with Crippen LogP contribution >= 0.6 is 0 Å². The van der Waals surface area contributed by atoms with Crippen LogP contribution in [0, 0.1) is 11.3 Å². The van der Waals surface area contributed by atoms with Crippen LogP contribution in [0.1, 0.15) is 18.1 Å². The Hall–Kier alpha value is -3.98. The summed E-state index contributed by atoms with van der Waals surface area (Å²) in [6.07, 6.45) is 0. The van der Waals surface area contributed by atoms with Crippen molar-refractivity contribution >= 4 is 11.6 Å². The monoisotopic (exact) mass is 402 g/mol. The summed E-state index contributed by atoms with van der Waals surface area (Å²) < 4.78 is 16.8. The van der Waals surface area contributed by atoms with Crippen molar-refractivity contribution in [1.82, 2.24) is 0 Å². The molecule has 6 heteroatoms. The number of carbonyl (C=O) groups excluding carboxylic acids is 1. The Balaban J connectivity index is 1.51. The Morgan fingerprint density at radius 2 is 1.70 bits per heavy atom. The molecule has 152 valence electrons. The van der Waals surface area contributed by atoms with Gasteiger partial charge < -0.3 is 19.5 Å². The first kappa shape index (κ1) is 20.7. The van der Waals surface area contributed by atoms with Gasteiger partial charge in [0.2, 0.25) is 0 Å². The summed E-state index contributed by atoms with van der Waals surface area (Å²) in [5, 5.41) is 11.8. The van der Waals surface area contributed by atoms with Crippen molar-refractivity contribution in [3.8, 4) is 23.3 Å². The number of carbonyl (C=O) groups is 1. The minimum atomic E-state index is -0.306. The molecule has 0 fully saturated rings. The minimum absolute atomic E-state index is 0.182. The molecule has 30 heavy (non-hydrogen) atoms. The van der Waals surface area contributed by atoms with Crippen molar-refractivity contribution in [3.63, 3.8) is 0 Å². The van der Waals surface area contributed by atoms with Gasteiger partial charge in [-0.1, -0.05) is 30.3 Å². The first-order valence-electron chi connectivity index (χ1n) is 9.54. The van der Waals surface area contributed by atoms with Gasteiger partial charge in [0, 0.05) is 11.8 Å². The summed E-state index contributed by atoms with van der Waals surface area (Å²) in [6, 6.07) is 23.9. The third kappa shape index (κ3) is 6.01. The molecule has 0 bridgehead atoms. The molecule has 0 radical (unpaired) electrons. The molecular weight excluding hydrogens is 380 g/mol. The fraction of sp³-hybridized carbons (Fsp3) is 0.167. The van der Waals surface area contributed by atoms with Gasteiger partial charge in [0.25, 0.3) is 5.91 Å². The number of hydrogen-bond acceptors (Lipinski definition) is 5. The molecule has 1 amide bonds. The van der Waals surface area contributed by atoms with Gasteiger partial charge in [-0.15, -0.1) is 0 Å². The summed E-state index contributed by atoms with van der Waals surface area (Å²) >= 11 is 0. The van der Waals surface area contributed by atoms with Crippen molar-refractivity contribution in [2.45, 2.75) is 13.5 Å². The number of anilines is 1.